The van der Waals surface area contributed by atoms with Gasteiger partial charge in [-0.3, -0.25) is 0 Å². The number of hydrogen-bond acceptors (Lipinski definition) is 3. The summed E-state index contributed by atoms with van der Waals surface area (Å²) >= 11 is 0. The van der Waals surface area contributed by atoms with Gasteiger partial charge in [0, 0.05) is 6.54 Å². The maximum Gasteiger partial charge on any atom is 0.186 e. The molecule has 72 valence electrons. The second kappa shape index (κ2) is 4.74. The van der Waals surface area contributed by atoms with Gasteiger partial charge in [0.1, 0.15) is 6.33 Å². The molecule has 1 aromatic rings. The summed E-state index contributed by atoms with van der Waals surface area (Å²) in [7, 11) is 0. The largest absolute Gasteiger partial charge is 0.368 e. The molecule has 0 unspecified atom stereocenters. The molecule has 0 amide bonds. The van der Waals surface area contributed by atoms with E-state index in [0.717, 1.165) is 13.0 Å². The van der Waals surface area contributed by atoms with Crippen molar-refractivity contribution < 1.29 is 4.39 Å². The third-order valence-corrected chi connectivity index (χ3v) is 1.74. The zero-order chi connectivity index (χ0) is 9.68. The molecule has 1 rings (SSSR count). The number of nitrogens with zero attached hydrogens (tertiary/aromatic N) is 2. The molecule has 0 saturated heterocycles. The number of hydrogen-bond donors (Lipinski definition) is 1. The molecule has 0 aliphatic carbocycles. The van der Waals surface area contributed by atoms with Crippen molar-refractivity contribution in [2.45, 2.75) is 26.7 Å². The van der Waals surface area contributed by atoms with Crippen molar-refractivity contribution in [3.05, 3.63) is 17.8 Å². The molecule has 0 aliphatic heterocycles. The Hall–Kier alpha value is -1.19. The molecule has 0 spiro atoms. The molecular formula is C9H14FN3. The predicted molar refractivity (Wildman–Crippen MR) is 50.1 cm³/mol. The lowest BCUT2D eigenvalue weighted by Crippen LogP contribution is -2.07. The zero-order valence-electron chi connectivity index (χ0n) is 7.97. The zero-order valence-corrected chi connectivity index (χ0v) is 7.97. The molecule has 0 radical (unpaired) electrons. The van der Waals surface area contributed by atoms with E-state index in [1.54, 1.807) is 0 Å². The Morgan fingerprint density at radius 3 is 2.77 bits per heavy atom. The van der Waals surface area contributed by atoms with Crippen LogP contribution in [0.2, 0.25) is 0 Å². The Kier molecular flexibility index (Phi) is 3.61. The number of halogens is 1. The summed E-state index contributed by atoms with van der Waals surface area (Å²) in [4.78, 5) is 7.67. The minimum atomic E-state index is -0.321. The summed E-state index contributed by atoms with van der Waals surface area (Å²) < 4.78 is 13.4. The van der Waals surface area contributed by atoms with Gasteiger partial charge in [0.15, 0.2) is 11.6 Å². The van der Waals surface area contributed by atoms with Crippen LogP contribution in [0, 0.1) is 5.82 Å². The topological polar surface area (TPSA) is 37.8 Å². The molecular weight excluding hydrogens is 169 g/mol. The highest BCUT2D eigenvalue weighted by atomic mass is 19.1. The van der Waals surface area contributed by atoms with Crippen LogP contribution in [-0.2, 0) is 6.42 Å². The lowest BCUT2D eigenvalue weighted by atomic mass is 10.3. The van der Waals surface area contributed by atoms with Crippen LogP contribution in [0.4, 0.5) is 10.2 Å². The Morgan fingerprint density at radius 2 is 2.15 bits per heavy atom. The van der Waals surface area contributed by atoms with Crippen LogP contribution in [0.5, 0.6) is 0 Å². The number of nitrogens with one attached hydrogen (secondary N) is 1. The van der Waals surface area contributed by atoms with E-state index >= 15 is 0 Å². The van der Waals surface area contributed by atoms with Crippen LogP contribution >= 0.6 is 0 Å². The van der Waals surface area contributed by atoms with Gasteiger partial charge < -0.3 is 5.32 Å². The molecule has 1 N–H and O–H groups in total. The second-order valence-corrected chi connectivity index (χ2v) is 2.76. The lowest BCUT2D eigenvalue weighted by Gasteiger charge is -2.06. The summed E-state index contributed by atoms with van der Waals surface area (Å²) in [6.07, 6.45) is 2.93. The van der Waals surface area contributed by atoms with Crippen LogP contribution in [0.3, 0.4) is 0 Å². The highest BCUT2D eigenvalue weighted by Gasteiger charge is 2.07. The van der Waals surface area contributed by atoms with Crippen molar-refractivity contribution in [2.75, 3.05) is 11.9 Å². The van der Waals surface area contributed by atoms with Crippen molar-refractivity contribution >= 4 is 5.82 Å². The fourth-order valence-electron chi connectivity index (χ4n) is 1.02. The number of anilines is 1. The molecule has 3 nitrogen and oxygen atoms in total. The summed E-state index contributed by atoms with van der Waals surface area (Å²) in [5.41, 5.74) is 0.466. The van der Waals surface area contributed by atoms with Gasteiger partial charge in [0.05, 0.1) is 5.69 Å². The Balaban J connectivity index is 2.81. The van der Waals surface area contributed by atoms with Gasteiger partial charge in [-0.1, -0.05) is 13.8 Å². The molecule has 0 aromatic carbocycles. The number of rotatable bonds is 4. The van der Waals surface area contributed by atoms with Crippen LogP contribution in [0.15, 0.2) is 6.33 Å². The smallest absolute Gasteiger partial charge is 0.186 e. The van der Waals surface area contributed by atoms with E-state index in [4.69, 9.17) is 0 Å². The van der Waals surface area contributed by atoms with Gasteiger partial charge in [-0.05, 0) is 12.8 Å². The maximum absolute atomic E-state index is 13.4. The molecule has 0 fully saturated rings. The first-order valence-electron chi connectivity index (χ1n) is 4.52. The first-order chi connectivity index (χ1) is 6.29. The third-order valence-electron chi connectivity index (χ3n) is 1.74. The van der Waals surface area contributed by atoms with Crippen molar-refractivity contribution in [3.63, 3.8) is 0 Å². The molecule has 0 bridgehead atoms. The van der Waals surface area contributed by atoms with Gasteiger partial charge in [-0.2, -0.15) is 0 Å². The average molecular weight is 183 g/mol. The molecule has 0 saturated carbocycles. The minimum absolute atomic E-state index is 0.314. The highest BCUT2D eigenvalue weighted by molar-refractivity contribution is 5.36. The summed E-state index contributed by atoms with van der Waals surface area (Å²) in [6, 6.07) is 0. The molecule has 1 aromatic heterocycles. The van der Waals surface area contributed by atoms with Gasteiger partial charge in [-0.25, -0.2) is 14.4 Å². The molecule has 1 heterocycles. The molecule has 4 heteroatoms. The van der Waals surface area contributed by atoms with E-state index in [2.05, 4.69) is 15.3 Å². The van der Waals surface area contributed by atoms with Gasteiger partial charge in [0.25, 0.3) is 0 Å². The number of aromatic nitrogens is 2. The Bertz CT molecular complexity index is 276. The predicted octanol–water partition coefficient (Wildman–Crippen LogP) is 2.00. The lowest BCUT2D eigenvalue weighted by molar-refractivity contribution is 0.596. The van der Waals surface area contributed by atoms with E-state index in [9.17, 15) is 4.39 Å². The van der Waals surface area contributed by atoms with Crippen LogP contribution in [0.25, 0.3) is 0 Å². The first kappa shape index (κ1) is 9.89. The van der Waals surface area contributed by atoms with Crippen molar-refractivity contribution in [2.24, 2.45) is 0 Å². The fraction of sp³-hybridized carbons (Fsp3) is 0.556. The SMILES string of the molecule is CCCNc1ncnc(CC)c1F. The fourth-order valence-corrected chi connectivity index (χ4v) is 1.02. The molecule has 13 heavy (non-hydrogen) atoms. The average Bonchev–Trinajstić information content (AvgIpc) is 2.16. The van der Waals surface area contributed by atoms with E-state index in [1.807, 2.05) is 13.8 Å². The van der Waals surface area contributed by atoms with Gasteiger partial charge >= 0.3 is 0 Å². The summed E-state index contributed by atoms with van der Waals surface area (Å²) in [5.74, 6) is -0.00727. The molecule has 0 aliphatic rings. The van der Waals surface area contributed by atoms with Crippen LogP contribution in [-0.4, -0.2) is 16.5 Å². The van der Waals surface area contributed by atoms with Crippen molar-refractivity contribution in [1.82, 2.24) is 9.97 Å². The first-order valence-corrected chi connectivity index (χ1v) is 4.52. The number of aryl methyl sites for hydroxylation is 1. The van der Waals surface area contributed by atoms with Crippen LogP contribution in [0.1, 0.15) is 26.0 Å². The third kappa shape index (κ3) is 2.37. The monoisotopic (exact) mass is 183 g/mol. The van der Waals surface area contributed by atoms with E-state index in [1.165, 1.54) is 6.33 Å². The maximum atomic E-state index is 13.4. The quantitative estimate of drug-likeness (QED) is 0.775. The standard InChI is InChI=1S/C9H14FN3/c1-3-5-11-9-8(10)7(4-2)12-6-13-9/h6H,3-5H2,1-2H3,(H,11,12,13). The highest BCUT2D eigenvalue weighted by Crippen LogP contribution is 2.12. The molecule has 0 atom stereocenters. The van der Waals surface area contributed by atoms with E-state index < -0.39 is 0 Å². The normalized spacial score (nSPS) is 10.1. The van der Waals surface area contributed by atoms with E-state index in [-0.39, 0.29) is 5.82 Å². The second-order valence-electron chi connectivity index (χ2n) is 2.76. The van der Waals surface area contributed by atoms with E-state index in [0.29, 0.717) is 17.9 Å². The minimum Gasteiger partial charge on any atom is -0.368 e. The Labute approximate surface area is 77.4 Å². The van der Waals surface area contributed by atoms with Gasteiger partial charge in [-0.15, -0.1) is 0 Å². The van der Waals surface area contributed by atoms with Crippen LogP contribution < -0.4 is 5.32 Å². The van der Waals surface area contributed by atoms with Crippen molar-refractivity contribution in [1.29, 1.82) is 0 Å². The van der Waals surface area contributed by atoms with Crippen molar-refractivity contribution in [3.8, 4) is 0 Å². The summed E-state index contributed by atoms with van der Waals surface area (Å²) in [5, 5.41) is 2.91. The summed E-state index contributed by atoms with van der Waals surface area (Å²) in [6.45, 7) is 4.62. The van der Waals surface area contributed by atoms with Gasteiger partial charge in [0.2, 0.25) is 0 Å². The Morgan fingerprint density at radius 1 is 1.38 bits per heavy atom.